The minimum atomic E-state index is 0.669. The van der Waals surface area contributed by atoms with Gasteiger partial charge in [0.1, 0.15) is 0 Å². The van der Waals surface area contributed by atoms with E-state index >= 15 is 0 Å². The highest BCUT2D eigenvalue weighted by molar-refractivity contribution is 7.80. The molecule has 0 unspecified atom stereocenters. The highest BCUT2D eigenvalue weighted by Crippen LogP contribution is 1.93. The van der Waals surface area contributed by atoms with Gasteiger partial charge < -0.3 is 14.2 Å². The van der Waals surface area contributed by atoms with E-state index in [-0.39, 0.29) is 0 Å². The van der Waals surface area contributed by atoms with Crippen molar-refractivity contribution in [2.75, 3.05) is 45.9 Å². The van der Waals surface area contributed by atoms with Crippen molar-refractivity contribution < 1.29 is 14.2 Å². The van der Waals surface area contributed by atoms with Crippen molar-refractivity contribution in [1.82, 2.24) is 0 Å². The fraction of sp³-hybridized carbons (Fsp3) is 1.00. The minimum absolute atomic E-state index is 0.669. The second kappa shape index (κ2) is 13.2. The molecule has 0 aromatic carbocycles. The van der Waals surface area contributed by atoms with Gasteiger partial charge in [0.25, 0.3) is 0 Å². The molecule has 14 heavy (non-hydrogen) atoms. The molecule has 0 rings (SSSR count). The first-order valence-corrected chi connectivity index (χ1v) is 5.80. The number of unbranched alkanes of at least 4 members (excludes halogenated alkanes) is 1. The predicted molar refractivity (Wildman–Crippen MR) is 61.2 cm³/mol. The van der Waals surface area contributed by atoms with E-state index in [4.69, 9.17) is 14.2 Å². The van der Waals surface area contributed by atoms with Gasteiger partial charge in [0, 0.05) is 26.9 Å². The van der Waals surface area contributed by atoms with Crippen molar-refractivity contribution in [3.8, 4) is 0 Å². The molecule has 0 aliphatic rings. The number of hydrogen-bond acceptors (Lipinski definition) is 4. The van der Waals surface area contributed by atoms with E-state index in [1.165, 1.54) is 0 Å². The van der Waals surface area contributed by atoms with Crippen LogP contribution in [0.15, 0.2) is 0 Å². The maximum atomic E-state index is 5.40. The molecule has 0 saturated carbocycles. The molecule has 0 aliphatic heterocycles. The van der Waals surface area contributed by atoms with Crippen molar-refractivity contribution >= 4 is 12.6 Å². The lowest BCUT2D eigenvalue weighted by Gasteiger charge is -2.04. The van der Waals surface area contributed by atoms with Gasteiger partial charge in [-0.2, -0.15) is 12.6 Å². The molecular formula is C10H22O3S. The second-order valence-electron chi connectivity index (χ2n) is 3.00. The molecule has 0 atom stereocenters. The maximum Gasteiger partial charge on any atom is 0.0700 e. The van der Waals surface area contributed by atoms with E-state index in [0.717, 1.165) is 44.8 Å². The Morgan fingerprint density at radius 1 is 0.786 bits per heavy atom. The number of methoxy groups -OCH3 is 1. The van der Waals surface area contributed by atoms with E-state index in [1.54, 1.807) is 7.11 Å². The van der Waals surface area contributed by atoms with Crippen LogP contribution in [-0.4, -0.2) is 45.9 Å². The van der Waals surface area contributed by atoms with Gasteiger partial charge in [-0.05, 0) is 25.0 Å². The minimum Gasteiger partial charge on any atom is -0.382 e. The predicted octanol–water partition coefficient (Wildman–Crippen LogP) is 1.77. The highest BCUT2D eigenvalue weighted by Gasteiger charge is 1.90. The zero-order chi connectivity index (χ0) is 10.5. The zero-order valence-corrected chi connectivity index (χ0v) is 9.93. The van der Waals surface area contributed by atoms with Gasteiger partial charge >= 0.3 is 0 Å². The second-order valence-corrected chi connectivity index (χ2v) is 3.45. The Morgan fingerprint density at radius 2 is 1.43 bits per heavy atom. The van der Waals surface area contributed by atoms with Crippen molar-refractivity contribution in [2.24, 2.45) is 0 Å². The van der Waals surface area contributed by atoms with Crippen molar-refractivity contribution in [3.05, 3.63) is 0 Å². The maximum absolute atomic E-state index is 5.40. The van der Waals surface area contributed by atoms with Gasteiger partial charge in [-0.3, -0.25) is 0 Å². The highest BCUT2D eigenvalue weighted by atomic mass is 32.1. The normalized spacial score (nSPS) is 10.7. The van der Waals surface area contributed by atoms with Crippen LogP contribution in [0.4, 0.5) is 0 Å². The number of hydrogen-bond donors (Lipinski definition) is 1. The summed E-state index contributed by atoms with van der Waals surface area (Å²) in [4.78, 5) is 0. The van der Waals surface area contributed by atoms with Crippen LogP contribution in [0.5, 0.6) is 0 Å². The fourth-order valence-corrected chi connectivity index (χ4v) is 1.15. The summed E-state index contributed by atoms with van der Waals surface area (Å²) in [6.07, 6.45) is 3.20. The number of thiol groups is 1. The van der Waals surface area contributed by atoms with Crippen molar-refractivity contribution in [2.45, 2.75) is 19.3 Å². The van der Waals surface area contributed by atoms with Crippen molar-refractivity contribution in [1.29, 1.82) is 0 Å². The standard InChI is InChI=1S/C10H22O3S/c1-11-8-9-13-7-4-6-12-5-2-3-10-14/h14H,2-10H2,1H3. The lowest BCUT2D eigenvalue weighted by molar-refractivity contribution is 0.0510. The van der Waals surface area contributed by atoms with Gasteiger partial charge in [-0.15, -0.1) is 0 Å². The molecule has 0 amide bonds. The summed E-state index contributed by atoms with van der Waals surface area (Å²) in [6.45, 7) is 3.74. The summed E-state index contributed by atoms with van der Waals surface area (Å²) in [5.74, 6) is 0.948. The third kappa shape index (κ3) is 12.2. The average molecular weight is 222 g/mol. The third-order valence-electron chi connectivity index (χ3n) is 1.71. The first-order valence-electron chi connectivity index (χ1n) is 5.17. The van der Waals surface area contributed by atoms with Crippen LogP contribution in [0, 0.1) is 0 Å². The Labute approximate surface area is 92.5 Å². The largest absolute Gasteiger partial charge is 0.382 e. The van der Waals surface area contributed by atoms with Crippen LogP contribution in [0.3, 0.4) is 0 Å². The Kier molecular flexibility index (Phi) is 13.4. The third-order valence-corrected chi connectivity index (χ3v) is 2.02. The van der Waals surface area contributed by atoms with Crippen LogP contribution >= 0.6 is 12.6 Å². The number of ether oxygens (including phenoxy) is 3. The summed E-state index contributed by atoms with van der Waals surface area (Å²) in [6, 6.07) is 0. The Morgan fingerprint density at radius 3 is 2.07 bits per heavy atom. The Balaban J connectivity index is 2.78. The molecule has 0 radical (unpaired) electrons. The molecule has 0 heterocycles. The van der Waals surface area contributed by atoms with Crippen LogP contribution in [0.1, 0.15) is 19.3 Å². The molecule has 0 aliphatic carbocycles. The van der Waals surface area contributed by atoms with Crippen LogP contribution in [0.2, 0.25) is 0 Å². The molecule has 0 bridgehead atoms. The Hall–Kier alpha value is 0.230. The molecule has 0 aromatic heterocycles. The van der Waals surface area contributed by atoms with Gasteiger partial charge in [0.05, 0.1) is 13.2 Å². The summed E-state index contributed by atoms with van der Waals surface area (Å²) >= 11 is 4.12. The topological polar surface area (TPSA) is 27.7 Å². The molecule has 0 aromatic rings. The quantitative estimate of drug-likeness (QED) is 0.426. The SMILES string of the molecule is COCCOCCCOCCCCS. The van der Waals surface area contributed by atoms with Gasteiger partial charge in [-0.25, -0.2) is 0 Å². The first kappa shape index (κ1) is 14.2. The Bertz CT molecular complexity index is 89.4. The summed E-state index contributed by atoms with van der Waals surface area (Å²) in [5, 5.41) is 0. The van der Waals surface area contributed by atoms with Gasteiger partial charge in [0.2, 0.25) is 0 Å². The zero-order valence-electron chi connectivity index (χ0n) is 9.04. The van der Waals surface area contributed by atoms with Gasteiger partial charge in [-0.1, -0.05) is 0 Å². The molecule has 4 heteroatoms. The molecule has 0 saturated heterocycles. The van der Waals surface area contributed by atoms with Crippen LogP contribution in [-0.2, 0) is 14.2 Å². The van der Waals surface area contributed by atoms with Crippen LogP contribution in [0.25, 0.3) is 0 Å². The summed E-state index contributed by atoms with van der Waals surface area (Å²) in [5.41, 5.74) is 0. The first-order chi connectivity index (χ1) is 6.91. The number of rotatable bonds is 11. The average Bonchev–Trinajstić information content (AvgIpc) is 2.21. The summed E-state index contributed by atoms with van der Waals surface area (Å²) < 4.78 is 15.5. The molecular weight excluding hydrogens is 200 g/mol. The molecule has 3 nitrogen and oxygen atoms in total. The van der Waals surface area contributed by atoms with E-state index < -0.39 is 0 Å². The summed E-state index contributed by atoms with van der Waals surface area (Å²) in [7, 11) is 1.67. The molecule has 0 spiro atoms. The lowest BCUT2D eigenvalue weighted by Crippen LogP contribution is -2.06. The van der Waals surface area contributed by atoms with E-state index in [1.807, 2.05) is 0 Å². The molecule has 86 valence electrons. The van der Waals surface area contributed by atoms with E-state index in [9.17, 15) is 0 Å². The van der Waals surface area contributed by atoms with E-state index in [2.05, 4.69) is 12.6 Å². The lowest BCUT2D eigenvalue weighted by atomic mass is 10.3. The fourth-order valence-electron chi connectivity index (χ4n) is 0.925. The molecule has 0 N–H and O–H groups in total. The monoisotopic (exact) mass is 222 g/mol. The van der Waals surface area contributed by atoms with Gasteiger partial charge in [0.15, 0.2) is 0 Å². The molecule has 0 fully saturated rings. The van der Waals surface area contributed by atoms with E-state index in [0.29, 0.717) is 13.2 Å². The van der Waals surface area contributed by atoms with Crippen molar-refractivity contribution in [3.63, 3.8) is 0 Å². The van der Waals surface area contributed by atoms with Crippen LogP contribution < -0.4 is 0 Å². The smallest absolute Gasteiger partial charge is 0.0700 e.